The second-order valence-corrected chi connectivity index (χ2v) is 6.36. The zero-order chi connectivity index (χ0) is 14.8. The summed E-state index contributed by atoms with van der Waals surface area (Å²) >= 11 is 0. The molecule has 0 aliphatic carbocycles. The van der Waals surface area contributed by atoms with Crippen LogP contribution in [0.15, 0.2) is 35.6 Å². The topological polar surface area (TPSA) is 90.0 Å². The fourth-order valence-corrected chi connectivity index (χ4v) is 3.29. The smallest absolute Gasteiger partial charge is 0.260 e. The molecule has 0 saturated heterocycles. The van der Waals surface area contributed by atoms with Gasteiger partial charge in [-0.3, -0.25) is 0 Å². The van der Waals surface area contributed by atoms with Gasteiger partial charge in [-0.25, -0.2) is 18.1 Å². The summed E-state index contributed by atoms with van der Waals surface area (Å²) in [6, 6.07) is 7.97. The maximum Gasteiger partial charge on any atom is 0.260 e. The largest absolute Gasteiger partial charge is 0.381 e. The van der Waals surface area contributed by atoms with Crippen molar-refractivity contribution in [2.45, 2.75) is 18.4 Å². The molecule has 0 atom stereocenters. The van der Waals surface area contributed by atoms with Gasteiger partial charge in [0.2, 0.25) is 0 Å². The van der Waals surface area contributed by atoms with Gasteiger partial charge in [-0.1, -0.05) is 29.8 Å². The van der Waals surface area contributed by atoms with Gasteiger partial charge in [0, 0.05) is 13.6 Å². The summed E-state index contributed by atoms with van der Waals surface area (Å²) in [5, 5.41) is 0.00161. The van der Waals surface area contributed by atoms with Crippen LogP contribution in [-0.4, -0.2) is 24.5 Å². The Kier molecular flexibility index (Phi) is 4.10. The van der Waals surface area contributed by atoms with Crippen molar-refractivity contribution in [2.24, 2.45) is 7.05 Å². The molecule has 0 aliphatic rings. The van der Waals surface area contributed by atoms with Crippen molar-refractivity contribution >= 4 is 15.8 Å². The summed E-state index contributed by atoms with van der Waals surface area (Å²) in [6.07, 6.45) is 2.00. The molecular weight excluding hydrogens is 276 g/mol. The van der Waals surface area contributed by atoms with Gasteiger partial charge in [0.1, 0.15) is 0 Å². The monoisotopic (exact) mass is 294 g/mol. The van der Waals surface area contributed by atoms with E-state index in [0.717, 1.165) is 11.1 Å². The molecule has 2 aromatic rings. The average molecular weight is 294 g/mol. The van der Waals surface area contributed by atoms with Gasteiger partial charge in [-0.15, -0.1) is 0 Å². The highest BCUT2D eigenvalue weighted by Gasteiger charge is 2.21. The van der Waals surface area contributed by atoms with Gasteiger partial charge < -0.3 is 10.3 Å². The number of aromatic nitrogens is 2. The zero-order valence-electron chi connectivity index (χ0n) is 11.5. The third-order valence-electron chi connectivity index (χ3n) is 2.95. The Morgan fingerprint density at radius 2 is 2.15 bits per heavy atom. The molecule has 108 valence electrons. The molecule has 20 heavy (non-hydrogen) atoms. The molecule has 0 aliphatic heterocycles. The molecule has 0 spiro atoms. The second-order valence-electron chi connectivity index (χ2n) is 4.68. The van der Waals surface area contributed by atoms with Crippen LogP contribution in [-0.2, 0) is 23.5 Å². The van der Waals surface area contributed by atoms with Gasteiger partial charge in [-0.2, -0.15) is 0 Å². The fourth-order valence-electron chi connectivity index (χ4n) is 2.03. The molecule has 0 amide bonds. The lowest BCUT2D eigenvalue weighted by Gasteiger charge is -2.08. The maximum absolute atomic E-state index is 12.1. The number of sulfonamides is 1. The van der Waals surface area contributed by atoms with E-state index in [2.05, 4.69) is 9.71 Å². The van der Waals surface area contributed by atoms with Crippen molar-refractivity contribution in [3.8, 4) is 0 Å². The van der Waals surface area contributed by atoms with Crippen molar-refractivity contribution in [1.29, 1.82) is 0 Å². The van der Waals surface area contributed by atoms with Crippen LogP contribution in [0.25, 0.3) is 0 Å². The van der Waals surface area contributed by atoms with E-state index in [1.54, 1.807) is 7.05 Å². The van der Waals surface area contributed by atoms with E-state index in [1.165, 1.54) is 10.9 Å². The second kappa shape index (κ2) is 5.64. The quantitative estimate of drug-likeness (QED) is 0.854. The minimum Gasteiger partial charge on any atom is -0.381 e. The van der Waals surface area contributed by atoms with Crippen LogP contribution in [0.2, 0.25) is 0 Å². The summed E-state index contributed by atoms with van der Waals surface area (Å²) in [4.78, 5) is 3.78. The SMILES string of the molecule is Cc1cccc(CCNS(=O)(=O)c2c(N)ncn2C)c1. The van der Waals surface area contributed by atoms with Crippen LogP contribution in [0.3, 0.4) is 0 Å². The lowest BCUT2D eigenvalue weighted by atomic mass is 10.1. The molecule has 6 nitrogen and oxygen atoms in total. The first-order valence-corrected chi connectivity index (χ1v) is 7.70. The van der Waals surface area contributed by atoms with Gasteiger partial charge in [0.15, 0.2) is 10.8 Å². The Morgan fingerprint density at radius 1 is 1.40 bits per heavy atom. The first kappa shape index (κ1) is 14.5. The number of nitrogens with zero attached hydrogens (tertiary/aromatic N) is 2. The molecule has 1 heterocycles. The average Bonchev–Trinajstić information content (AvgIpc) is 2.69. The van der Waals surface area contributed by atoms with Gasteiger partial charge in [-0.05, 0) is 18.9 Å². The first-order chi connectivity index (χ1) is 9.40. The molecule has 7 heteroatoms. The Labute approximate surface area is 118 Å². The first-order valence-electron chi connectivity index (χ1n) is 6.22. The number of anilines is 1. The maximum atomic E-state index is 12.1. The summed E-state index contributed by atoms with van der Waals surface area (Å²) in [5.74, 6) is 0.00977. The van der Waals surface area contributed by atoms with Crippen LogP contribution in [0, 0.1) is 6.92 Å². The van der Waals surface area contributed by atoms with E-state index in [-0.39, 0.29) is 10.8 Å². The summed E-state index contributed by atoms with van der Waals surface area (Å²) in [7, 11) is -2.04. The van der Waals surface area contributed by atoms with E-state index in [9.17, 15) is 8.42 Å². The summed E-state index contributed by atoms with van der Waals surface area (Å²) in [5.41, 5.74) is 7.82. The third-order valence-corrected chi connectivity index (χ3v) is 4.54. The van der Waals surface area contributed by atoms with Gasteiger partial charge in [0.05, 0.1) is 6.33 Å². The number of hydrogen-bond acceptors (Lipinski definition) is 4. The molecule has 0 bridgehead atoms. The van der Waals surface area contributed by atoms with Crippen molar-refractivity contribution in [2.75, 3.05) is 12.3 Å². The molecule has 0 fully saturated rings. The van der Waals surface area contributed by atoms with E-state index in [1.807, 2.05) is 31.2 Å². The predicted octanol–water partition coefficient (Wildman–Crippen LogP) is 0.832. The molecule has 3 N–H and O–H groups in total. The molecule has 1 aromatic carbocycles. The number of nitrogen functional groups attached to an aromatic ring is 1. The fraction of sp³-hybridized carbons (Fsp3) is 0.308. The predicted molar refractivity (Wildman–Crippen MR) is 77.7 cm³/mol. The molecule has 0 saturated carbocycles. The number of imidazole rings is 1. The lowest BCUT2D eigenvalue weighted by Crippen LogP contribution is -2.28. The van der Waals surface area contributed by atoms with Crippen molar-refractivity contribution < 1.29 is 8.42 Å². The van der Waals surface area contributed by atoms with Crippen LogP contribution in [0.1, 0.15) is 11.1 Å². The molecular formula is C13H18N4O2S. The van der Waals surface area contributed by atoms with Crippen LogP contribution >= 0.6 is 0 Å². The number of nitrogens with one attached hydrogen (secondary N) is 1. The minimum absolute atomic E-state index is 0.00161. The molecule has 2 rings (SSSR count). The number of aryl methyl sites for hydroxylation is 2. The van der Waals surface area contributed by atoms with Crippen LogP contribution in [0.4, 0.5) is 5.82 Å². The summed E-state index contributed by atoms with van der Waals surface area (Å²) in [6.45, 7) is 2.32. The Morgan fingerprint density at radius 3 is 2.75 bits per heavy atom. The van der Waals surface area contributed by atoms with Crippen molar-refractivity contribution in [3.63, 3.8) is 0 Å². The highest BCUT2D eigenvalue weighted by molar-refractivity contribution is 7.89. The van der Waals surface area contributed by atoms with E-state index >= 15 is 0 Å². The summed E-state index contributed by atoms with van der Waals surface area (Å²) < 4.78 is 28.2. The van der Waals surface area contributed by atoms with Crippen LogP contribution in [0.5, 0.6) is 0 Å². The standard InChI is InChI=1S/C13H18N4O2S/c1-10-4-3-5-11(8-10)6-7-16-20(18,19)13-12(14)15-9-17(13)2/h3-5,8-9,16H,6-7,14H2,1-2H3. The normalized spacial score (nSPS) is 11.7. The Hall–Kier alpha value is -1.86. The molecule has 1 aromatic heterocycles. The highest BCUT2D eigenvalue weighted by Crippen LogP contribution is 2.14. The lowest BCUT2D eigenvalue weighted by molar-refractivity contribution is 0.572. The third kappa shape index (κ3) is 3.17. The molecule has 0 unspecified atom stereocenters. The van der Waals surface area contributed by atoms with E-state index in [4.69, 9.17) is 5.73 Å². The molecule has 0 radical (unpaired) electrons. The minimum atomic E-state index is -3.63. The number of benzene rings is 1. The van der Waals surface area contributed by atoms with Gasteiger partial charge >= 0.3 is 0 Å². The van der Waals surface area contributed by atoms with Gasteiger partial charge in [0.25, 0.3) is 10.0 Å². The van der Waals surface area contributed by atoms with Crippen molar-refractivity contribution in [1.82, 2.24) is 14.3 Å². The van der Waals surface area contributed by atoms with E-state index in [0.29, 0.717) is 13.0 Å². The van der Waals surface area contributed by atoms with Crippen LogP contribution < -0.4 is 10.5 Å². The number of nitrogens with two attached hydrogens (primary N) is 1. The highest BCUT2D eigenvalue weighted by atomic mass is 32.2. The Balaban J connectivity index is 2.04. The van der Waals surface area contributed by atoms with Crippen molar-refractivity contribution in [3.05, 3.63) is 41.7 Å². The number of rotatable bonds is 5. The Bertz CT molecular complexity index is 687. The number of hydrogen-bond donors (Lipinski definition) is 2. The van der Waals surface area contributed by atoms with E-state index < -0.39 is 10.0 Å². The zero-order valence-corrected chi connectivity index (χ0v) is 12.3.